The number of benzene rings is 3. The normalized spacial score (nSPS) is 23.0. The van der Waals surface area contributed by atoms with Crippen LogP contribution in [0.3, 0.4) is 0 Å². The second-order valence-electron chi connectivity index (χ2n) is 8.14. The molecule has 0 aromatic heterocycles. The zero-order valence-electron chi connectivity index (χ0n) is 17.4. The molecule has 5 rings (SSSR count). The second-order valence-corrected chi connectivity index (χ2v) is 8.14. The lowest BCUT2D eigenvalue weighted by molar-refractivity contribution is -0.524. The molecule has 1 saturated heterocycles. The molecule has 8 nitrogen and oxygen atoms in total. The van der Waals surface area contributed by atoms with Gasteiger partial charge in [0.05, 0.1) is 10.8 Å². The van der Waals surface area contributed by atoms with E-state index in [1.54, 1.807) is 30.3 Å². The van der Waals surface area contributed by atoms with E-state index in [1.165, 1.54) is 24.3 Å². The van der Waals surface area contributed by atoms with Crippen LogP contribution < -0.4 is 4.90 Å². The maximum absolute atomic E-state index is 13.9. The van der Waals surface area contributed by atoms with Gasteiger partial charge in [0.1, 0.15) is 12.1 Å². The van der Waals surface area contributed by atoms with Crippen LogP contribution in [0, 0.1) is 20.2 Å². The number of para-hydroxylation sites is 1. The molecule has 0 spiro atoms. The van der Waals surface area contributed by atoms with E-state index in [2.05, 4.69) is 0 Å². The summed E-state index contributed by atoms with van der Waals surface area (Å²) in [4.78, 5) is 38.5. The Morgan fingerprint density at radius 1 is 0.879 bits per heavy atom. The number of nitro groups is 2. The Kier molecular flexibility index (Phi) is 4.97. The SMILES string of the molecule is O=C(c1cccc([N+](=O)[O-])c1)[C@@H]1[C@H](c2ccccc2)[C@H]([N+](=O)[O-])[C@@H]2C=Cc3ccccc3N12. The Morgan fingerprint density at radius 3 is 2.33 bits per heavy atom. The summed E-state index contributed by atoms with van der Waals surface area (Å²) in [5, 5.41) is 23.6. The van der Waals surface area contributed by atoms with Crippen molar-refractivity contribution in [1.82, 2.24) is 0 Å². The minimum Gasteiger partial charge on any atom is -0.346 e. The molecule has 8 heteroatoms. The summed E-state index contributed by atoms with van der Waals surface area (Å²) in [7, 11) is 0. The molecule has 0 amide bonds. The highest BCUT2D eigenvalue weighted by Gasteiger charge is 2.58. The molecule has 0 aliphatic carbocycles. The lowest BCUT2D eigenvalue weighted by Crippen LogP contribution is -2.44. The van der Waals surface area contributed by atoms with E-state index >= 15 is 0 Å². The van der Waals surface area contributed by atoms with Gasteiger partial charge in [0, 0.05) is 28.3 Å². The molecule has 3 aromatic rings. The molecule has 33 heavy (non-hydrogen) atoms. The van der Waals surface area contributed by atoms with Crippen molar-refractivity contribution >= 4 is 23.2 Å². The molecular formula is C25H19N3O5. The van der Waals surface area contributed by atoms with Crippen molar-refractivity contribution in [2.24, 2.45) is 0 Å². The van der Waals surface area contributed by atoms with Crippen molar-refractivity contribution in [3.63, 3.8) is 0 Å². The van der Waals surface area contributed by atoms with Gasteiger partial charge in [-0.15, -0.1) is 0 Å². The average molecular weight is 441 g/mol. The summed E-state index contributed by atoms with van der Waals surface area (Å²) in [5.41, 5.74) is 2.24. The van der Waals surface area contributed by atoms with Crippen LogP contribution in [-0.2, 0) is 0 Å². The number of nitrogens with zero attached hydrogens (tertiary/aromatic N) is 3. The summed E-state index contributed by atoms with van der Waals surface area (Å²) in [5.74, 6) is -1.12. The molecule has 0 unspecified atom stereocenters. The number of nitro benzene ring substituents is 1. The Balaban J connectivity index is 1.71. The van der Waals surface area contributed by atoms with Gasteiger partial charge in [0.15, 0.2) is 5.78 Å². The van der Waals surface area contributed by atoms with Crippen molar-refractivity contribution in [2.75, 3.05) is 4.90 Å². The first-order chi connectivity index (χ1) is 16.0. The lowest BCUT2D eigenvalue weighted by atomic mass is 9.83. The van der Waals surface area contributed by atoms with Crippen LogP contribution >= 0.6 is 0 Å². The van der Waals surface area contributed by atoms with Gasteiger partial charge in [-0.05, 0) is 17.2 Å². The number of hydrogen-bond acceptors (Lipinski definition) is 6. The number of hydrogen-bond donors (Lipinski definition) is 0. The van der Waals surface area contributed by atoms with Crippen LogP contribution in [0.4, 0.5) is 11.4 Å². The van der Waals surface area contributed by atoms with Crippen LogP contribution in [0.5, 0.6) is 0 Å². The Labute approximate surface area is 189 Å². The minimum atomic E-state index is -1.07. The summed E-state index contributed by atoms with van der Waals surface area (Å²) in [6.45, 7) is 0. The largest absolute Gasteiger partial charge is 0.346 e. The van der Waals surface area contributed by atoms with Gasteiger partial charge >= 0.3 is 0 Å². The Morgan fingerprint density at radius 2 is 1.61 bits per heavy atom. The van der Waals surface area contributed by atoms with E-state index in [0.717, 1.165) is 11.3 Å². The van der Waals surface area contributed by atoms with Crippen LogP contribution in [0.1, 0.15) is 27.4 Å². The van der Waals surface area contributed by atoms with E-state index in [0.29, 0.717) is 5.56 Å². The fraction of sp³-hybridized carbons (Fsp3) is 0.160. The number of rotatable bonds is 5. The zero-order valence-corrected chi connectivity index (χ0v) is 17.4. The first kappa shape index (κ1) is 20.6. The first-order valence-corrected chi connectivity index (χ1v) is 10.5. The van der Waals surface area contributed by atoms with Gasteiger partial charge in [-0.2, -0.15) is 0 Å². The van der Waals surface area contributed by atoms with E-state index in [1.807, 2.05) is 41.3 Å². The van der Waals surface area contributed by atoms with Crippen LogP contribution in [-0.4, -0.2) is 33.8 Å². The minimum absolute atomic E-state index is 0.157. The highest BCUT2D eigenvalue weighted by molar-refractivity contribution is 6.04. The van der Waals surface area contributed by atoms with Crippen LogP contribution in [0.2, 0.25) is 0 Å². The van der Waals surface area contributed by atoms with Crippen molar-refractivity contribution in [3.05, 3.63) is 122 Å². The topological polar surface area (TPSA) is 107 Å². The first-order valence-electron chi connectivity index (χ1n) is 10.5. The molecule has 3 aromatic carbocycles. The number of non-ortho nitro benzene ring substituents is 1. The number of Topliss-reactive ketones (excluding diaryl/α,β-unsaturated/α-hetero) is 1. The predicted molar refractivity (Wildman–Crippen MR) is 123 cm³/mol. The fourth-order valence-electron chi connectivity index (χ4n) is 5.05. The van der Waals surface area contributed by atoms with E-state index in [9.17, 15) is 25.0 Å². The van der Waals surface area contributed by atoms with E-state index in [-0.39, 0.29) is 22.0 Å². The number of fused-ring (bicyclic) bond motifs is 3. The summed E-state index contributed by atoms with van der Waals surface area (Å²) in [6, 6.07) is 19.4. The maximum atomic E-state index is 13.9. The van der Waals surface area contributed by atoms with Gasteiger partial charge < -0.3 is 4.90 Å². The molecular weight excluding hydrogens is 422 g/mol. The molecule has 0 radical (unpaired) electrons. The number of anilines is 1. The standard InChI is InChI=1S/C25H19N3O5/c29-25(18-10-6-11-19(15-18)27(30)31)24-22(17-8-2-1-3-9-17)23(28(32)33)21-14-13-16-7-4-5-12-20(16)26(21)24/h1-15,21-24H/t21-,22+,23+,24-/m0/s1. The number of ketones is 1. The predicted octanol–water partition coefficient (Wildman–Crippen LogP) is 4.49. The summed E-state index contributed by atoms with van der Waals surface area (Å²) >= 11 is 0. The third-order valence-electron chi connectivity index (χ3n) is 6.40. The summed E-state index contributed by atoms with van der Waals surface area (Å²) in [6.07, 6.45) is 3.64. The molecule has 0 saturated carbocycles. The Bertz CT molecular complexity index is 1290. The number of carbonyl (C=O) groups is 1. The Hall–Kier alpha value is -4.33. The monoisotopic (exact) mass is 441 g/mol. The maximum Gasteiger partial charge on any atom is 0.270 e. The van der Waals surface area contributed by atoms with Crippen LogP contribution in [0.15, 0.2) is 84.9 Å². The molecule has 2 heterocycles. The molecule has 2 aliphatic heterocycles. The van der Waals surface area contributed by atoms with Gasteiger partial charge in [-0.25, -0.2) is 0 Å². The van der Waals surface area contributed by atoms with Gasteiger partial charge in [0.2, 0.25) is 6.04 Å². The number of carbonyl (C=O) groups excluding carboxylic acids is 1. The molecule has 164 valence electrons. The van der Waals surface area contributed by atoms with Gasteiger partial charge in [-0.3, -0.25) is 25.0 Å². The van der Waals surface area contributed by atoms with E-state index in [4.69, 9.17) is 0 Å². The van der Waals surface area contributed by atoms with Crippen molar-refractivity contribution in [1.29, 1.82) is 0 Å². The highest BCUT2D eigenvalue weighted by atomic mass is 16.6. The molecule has 4 atom stereocenters. The second kappa shape index (κ2) is 7.98. The zero-order chi connectivity index (χ0) is 23.1. The molecule has 2 aliphatic rings. The van der Waals surface area contributed by atoms with Crippen molar-refractivity contribution in [2.45, 2.75) is 24.0 Å². The quantitative estimate of drug-likeness (QED) is 0.328. The average Bonchev–Trinajstić information content (AvgIpc) is 3.20. The third kappa shape index (κ3) is 3.36. The third-order valence-corrected chi connectivity index (χ3v) is 6.40. The van der Waals surface area contributed by atoms with E-state index < -0.39 is 29.0 Å². The summed E-state index contributed by atoms with van der Waals surface area (Å²) < 4.78 is 0. The lowest BCUT2D eigenvalue weighted by Gasteiger charge is -2.34. The molecule has 1 fully saturated rings. The van der Waals surface area contributed by atoms with Gasteiger partial charge in [0.25, 0.3) is 5.69 Å². The van der Waals surface area contributed by atoms with Gasteiger partial charge in [-0.1, -0.05) is 72.8 Å². The smallest absolute Gasteiger partial charge is 0.270 e. The highest BCUT2D eigenvalue weighted by Crippen LogP contribution is 2.47. The van der Waals surface area contributed by atoms with Crippen LogP contribution in [0.25, 0.3) is 6.08 Å². The fourth-order valence-corrected chi connectivity index (χ4v) is 5.05. The van der Waals surface area contributed by atoms with Crippen molar-refractivity contribution < 1.29 is 14.6 Å². The molecule has 0 bridgehead atoms. The van der Waals surface area contributed by atoms with Crippen molar-refractivity contribution in [3.8, 4) is 0 Å². The molecule has 0 N–H and O–H groups in total.